The number of alkyl halides is 3. The summed E-state index contributed by atoms with van der Waals surface area (Å²) in [6.45, 7) is 1.83. The lowest BCUT2D eigenvalue weighted by molar-refractivity contribution is -0.137. The normalized spacial score (nSPS) is 15.0. The Balaban J connectivity index is 1.52. The van der Waals surface area contributed by atoms with Crippen LogP contribution in [-0.2, 0) is 23.8 Å². The smallest absolute Gasteiger partial charge is 0.416 e. The van der Waals surface area contributed by atoms with Gasteiger partial charge in [0.1, 0.15) is 11.6 Å². The molecule has 1 amide bonds. The fraction of sp³-hybridized carbons (Fsp3) is 0.267. The van der Waals surface area contributed by atoms with E-state index < -0.39 is 23.6 Å². The Bertz CT molecular complexity index is 1600. The molecule has 1 unspecified atom stereocenters. The van der Waals surface area contributed by atoms with Crippen LogP contribution in [0.25, 0.3) is 11.5 Å². The van der Waals surface area contributed by atoms with Gasteiger partial charge in [0.05, 0.1) is 37.9 Å². The van der Waals surface area contributed by atoms with E-state index in [2.05, 4.69) is 4.98 Å². The maximum Gasteiger partial charge on any atom is 0.416 e. The zero-order chi connectivity index (χ0) is 29.5. The number of halogens is 5. The van der Waals surface area contributed by atoms with Crippen molar-refractivity contribution in [2.45, 2.75) is 32.0 Å². The summed E-state index contributed by atoms with van der Waals surface area (Å²) < 4.78 is 71.5. The van der Waals surface area contributed by atoms with Gasteiger partial charge < -0.3 is 18.8 Å². The van der Waals surface area contributed by atoms with Crippen molar-refractivity contribution in [2.75, 3.05) is 20.8 Å². The minimum Gasteiger partial charge on any atom is -0.493 e. The first kappa shape index (κ1) is 28.5. The third kappa shape index (κ3) is 5.48. The van der Waals surface area contributed by atoms with E-state index >= 15 is 4.39 Å². The molecule has 0 aliphatic carbocycles. The summed E-state index contributed by atoms with van der Waals surface area (Å²) in [4.78, 5) is 19.7. The highest BCUT2D eigenvalue weighted by Crippen LogP contribution is 2.44. The van der Waals surface area contributed by atoms with Crippen LogP contribution in [0.3, 0.4) is 0 Å². The largest absolute Gasteiger partial charge is 0.493 e. The second-order valence-electron chi connectivity index (χ2n) is 9.56. The Kier molecular flexibility index (Phi) is 7.70. The molecule has 0 fully saturated rings. The summed E-state index contributed by atoms with van der Waals surface area (Å²) in [5.74, 6) is 0.205. The molecule has 1 aliphatic heterocycles. The van der Waals surface area contributed by atoms with Gasteiger partial charge in [-0.3, -0.25) is 4.79 Å². The molecule has 0 N–H and O–H groups in total. The number of oxazole rings is 1. The van der Waals surface area contributed by atoms with Crippen LogP contribution in [0.1, 0.15) is 39.7 Å². The molecule has 0 saturated heterocycles. The summed E-state index contributed by atoms with van der Waals surface area (Å²) >= 11 is 6.49. The highest BCUT2D eigenvalue weighted by molar-refractivity contribution is 6.31. The number of rotatable bonds is 6. The molecule has 214 valence electrons. The lowest BCUT2D eigenvalue weighted by atomic mass is 9.87. The van der Waals surface area contributed by atoms with E-state index in [1.165, 1.54) is 43.4 Å². The zero-order valence-corrected chi connectivity index (χ0v) is 23.1. The molecule has 5 rings (SSSR count). The first-order chi connectivity index (χ1) is 19.5. The van der Waals surface area contributed by atoms with E-state index in [1.807, 2.05) is 0 Å². The molecular weight excluding hydrogens is 564 g/mol. The van der Waals surface area contributed by atoms with Crippen molar-refractivity contribution in [3.8, 4) is 23.0 Å². The molecule has 11 heteroatoms. The van der Waals surface area contributed by atoms with Crippen LogP contribution in [-0.4, -0.2) is 36.6 Å². The minimum absolute atomic E-state index is 0.0362. The highest BCUT2D eigenvalue weighted by atomic mass is 35.5. The van der Waals surface area contributed by atoms with Crippen molar-refractivity contribution >= 4 is 17.5 Å². The summed E-state index contributed by atoms with van der Waals surface area (Å²) in [6.07, 6.45) is -4.30. The van der Waals surface area contributed by atoms with Gasteiger partial charge in [-0.1, -0.05) is 23.7 Å². The van der Waals surface area contributed by atoms with Crippen LogP contribution in [0.2, 0.25) is 5.02 Å². The van der Waals surface area contributed by atoms with Crippen molar-refractivity contribution in [2.24, 2.45) is 0 Å². The van der Waals surface area contributed by atoms with Gasteiger partial charge in [-0.25, -0.2) is 9.37 Å². The van der Waals surface area contributed by atoms with E-state index in [4.69, 9.17) is 25.5 Å². The number of hydrogen-bond donors (Lipinski definition) is 0. The van der Waals surface area contributed by atoms with Crippen molar-refractivity contribution in [3.63, 3.8) is 0 Å². The molecule has 1 atom stereocenters. The number of aromatic nitrogens is 1. The number of amides is 1. The molecule has 41 heavy (non-hydrogen) atoms. The second kappa shape index (κ2) is 11.1. The van der Waals surface area contributed by atoms with Crippen LogP contribution in [0.5, 0.6) is 11.5 Å². The molecule has 3 aromatic carbocycles. The first-order valence-electron chi connectivity index (χ1n) is 12.6. The maximum atomic E-state index is 15.3. The van der Waals surface area contributed by atoms with Crippen LogP contribution in [0.4, 0.5) is 17.6 Å². The molecule has 2 heterocycles. The predicted octanol–water partition coefficient (Wildman–Crippen LogP) is 7.20. The van der Waals surface area contributed by atoms with Crippen LogP contribution in [0, 0.1) is 12.7 Å². The molecule has 4 aromatic rings. The van der Waals surface area contributed by atoms with Gasteiger partial charge in [0.2, 0.25) is 11.8 Å². The SMILES string of the molecule is COc1cc2c(cc1OC)C(c1c(F)cccc1Cl)N(C(=O)Cc1nc(-c3cccc(C(F)(F)F)c3)oc1C)CC2. The number of hydrogen-bond acceptors (Lipinski definition) is 5. The van der Waals surface area contributed by atoms with Gasteiger partial charge in [0, 0.05) is 22.7 Å². The summed E-state index contributed by atoms with van der Waals surface area (Å²) in [6, 6.07) is 11.6. The topological polar surface area (TPSA) is 64.8 Å². The average molecular weight is 589 g/mol. The number of aryl methyl sites for hydroxylation is 1. The van der Waals surface area contributed by atoms with Gasteiger partial charge in [-0.05, 0) is 66.9 Å². The van der Waals surface area contributed by atoms with Crippen molar-refractivity contribution in [1.82, 2.24) is 9.88 Å². The lowest BCUT2D eigenvalue weighted by Crippen LogP contribution is -2.42. The van der Waals surface area contributed by atoms with Crippen molar-refractivity contribution in [3.05, 3.63) is 99.1 Å². The number of fused-ring (bicyclic) bond motifs is 1. The number of carbonyl (C=O) groups is 1. The van der Waals surface area contributed by atoms with E-state index in [0.717, 1.165) is 17.7 Å². The summed E-state index contributed by atoms with van der Waals surface area (Å²) in [5, 5.41) is 0.153. The Morgan fingerprint density at radius 3 is 2.49 bits per heavy atom. The Morgan fingerprint density at radius 1 is 1.10 bits per heavy atom. The second-order valence-corrected chi connectivity index (χ2v) is 9.97. The molecule has 0 saturated carbocycles. The van der Waals surface area contributed by atoms with E-state index in [-0.39, 0.29) is 52.4 Å². The average Bonchev–Trinajstić information content (AvgIpc) is 3.31. The summed E-state index contributed by atoms with van der Waals surface area (Å²) in [5.41, 5.74) is 1.17. The first-order valence-corrected chi connectivity index (χ1v) is 13.0. The molecule has 1 aliphatic rings. The zero-order valence-electron chi connectivity index (χ0n) is 22.3. The maximum absolute atomic E-state index is 15.3. The third-order valence-corrected chi connectivity index (χ3v) is 7.44. The van der Waals surface area contributed by atoms with Crippen LogP contribution >= 0.6 is 11.6 Å². The van der Waals surface area contributed by atoms with Crippen molar-refractivity contribution in [1.29, 1.82) is 0 Å². The van der Waals surface area contributed by atoms with Gasteiger partial charge in [-0.15, -0.1) is 0 Å². The number of carbonyl (C=O) groups excluding carboxylic acids is 1. The fourth-order valence-corrected chi connectivity index (χ4v) is 5.35. The molecule has 0 bridgehead atoms. The predicted molar refractivity (Wildman–Crippen MR) is 144 cm³/mol. The minimum atomic E-state index is -4.53. The Labute approximate surface area is 238 Å². The number of benzene rings is 3. The lowest BCUT2D eigenvalue weighted by Gasteiger charge is -2.38. The third-order valence-electron chi connectivity index (χ3n) is 7.12. The van der Waals surface area contributed by atoms with Crippen LogP contribution < -0.4 is 9.47 Å². The van der Waals surface area contributed by atoms with E-state index in [9.17, 15) is 18.0 Å². The Morgan fingerprint density at radius 2 is 1.80 bits per heavy atom. The highest BCUT2D eigenvalue weighted by Gasteiger charge is 2.37. The van der Waals surface area contributed by atoms with Gasteiger partial charge in [-0.2, -0.15) is 13.2 Å². The monoisotopic (exact) mass is 588 g/mol. The fourth-order valence-electron chi connectivity index (χ4n) is 5.09. The van der Waals surface area contributed by atoms with E-state index in [1.54, 1.807) is 25.1 Å². The molecule has 1 aromatic heterocycles. The van der Waals surface area contributed by atoms with E-state index in [0.29, 0.717) is 23.5 Å². The van der Waals surface area contributed by atoms with Crippen molar-refractivity contribution < 1.29 is 36.2 Å². The van der Waals surface area contributed by atoms with Gasteiger partial charge >= 0.3 is 6.18 Å². The summed E-state index contributed by atoms with van der Waals surface area (Å²) in [7, 11) is 3.00. The van der Waals surface area contributed by atoms with Gasteiger partial charge in [0.25, 0.3) is 0 Å². The molecular formula is C30H25ClF4N2O4. The number of ether oxygens (including phenoxy) is 2. The Hall–Kier alpha value is -4.05. The quantitative estimate of drug-likeness (QED) is 0.223. The number of nitrogens with zero attached hydrogens (tertiary/aromatic N) is 2. The molecule has 0 radical (unpaired) electrons. The number of methoxy groups -OCH3 is 2. The standard InChI is InChI=1S/C30H25ClF4N2O4/c1-16-23(36-29(41-16)18-6-4-7-19(12-18)30(33,34)35)15-26(38)37-11-10-17-13-24(39-2)25(40-3)14-20(17)28(37)27-21(31)8-5-9-22(27)32/h4-9,12-14,28H,10-11,15H2,1-3H3. The molecule has 0 spiro atoms. The molecule has 6 nitrogen and oxygen atoms in total. The van der Waals surface area contributed by atoms with Gasteiger partial charge in [0.15, 0.2) is 11.5 Å². The van der Waals surface area contributed by atoms with Crippen LogP contribution in [0.15, 0.2) is 59.0 Å².